The molecule has 3 N–H and O–H groups in total. The largest absolute Gasteiger partial charge is 0.321 e. The monoisotopic (exact) mass is 751 g/mol. The molecule has 0 saturated carbocycles. The zero-order valence-electron chi connectivity index (χ0n) is 27.1. The lowest BCUT2D eigenvalue weighted by Crippen LogP contribution is -2.30. The number of anilines is 2. The molecular weight excluding hydrogens is 722 g/mol. The molecule has 0 unspecified atom stereocenters. The summed E-state index contributed by atoms with van der Waals surface area (Å²) in [6.45, 7) is 2.40. The van der Waals surface area contributed by atoms with E-state index < -0.39 is 11.8 Å². The highest BCUT2D eigenvalue weighted by atomic mass is 35.5. The van der Waals surface area contributed by atoms with Gasteiger partial charge in [0.15, 0.2) is 0 Å². The highest BCUT2D eigenvalue weighted by Crippen LogP contribution is 2.37. The van der Waals surface area contributed by atoms with Crippen LogP contribution in [0.1, 0.15) is 37.5 Å². The van der Waals surface area contributed by atoms with Gasteiger partial charge in [-0.25, -0.2) is 0 Å². The van der Waals surface area contributed by atoms with Crippen LogP contribution in [0.3, 0.4) is 0 Å². The van der Waals surface area contributed by atoms with Crippen molar-refractivity contribution in [2.24, 2.45) is 0 Å². The number of nitrogens with one attached hydrogen (secondary N) is 3. The van der Waals surface area contributed by atoms with Crippen LogP contribution in [0, 0.1) is 11.3 Å². The average Bonchev–Trinajstić information content (AvgIpc) is 3.48. The molecule has 0 spiro atoms. The van der Waals surface area contributed by atoms with E-state index in [-0.39, 0.29) is 17.4 Å². The number of amides is 3. The third-order valence-corrected chi connectivity index (χ3v) is 10.8. The van der Waals surface area contributed by atoms with E-state index in [0.29, 0.717) is 37.4 Å². The van der Waals surface area contributed by atoms with Gasteiger partial charge in [0, 0.05) is 56.3 Å². The van der Waals surface area contributed by atoms with E-state index in [1.807, 2.05) is 24.3 Å². The molecule has 4 aromatic carbocycles. The first-order chi connectivity index (χ1) is 24.8. The van der Waals surface area contributed by atoms with Crippen molar-refractivity contribution in [2.75, 3.05) is 22.9 Å². The molecule has 12 heteroatoms. The third kappa shape index (κ3) is 9.27. The molecule has 8 nitrogen and oxygen atoms in total. The zero-order valence-corrected chi connectivity index (χ0v) is 30.3. The van der Waals surface area contributed by atoms with Crippen molar-refractivity contribution in [2.45, 2.75) is 24.4 Å². The lowest BCUT2D eigenvalue weighted by molar-refractivity contribution is -0.114. The molecule has 0 radical (unpaired) electrons. The number of thiophene rings is 1. The summed E-state index contributed by atoms with van der Waals surface area (Å²) in [7, 11) is 0. The number of nitrogens with zero attached hydrogens (tertiary/aromatic N) is 2. The van der Waals surface area contributed by atoms with Crippen LogP contribution < -0.4 is 16.0 Å². The van der Waals surface area contributed by atoms with E-state index >= 15 is 0 Å². The predicted octanol–water partition coefficient (Wildman–Crippen LogP) is 8.63. The van der Waals surface area contributed by atoms with Gasteiger partial charge in [0.05, 0.1) is 11.3 Å². The zero-order chi connectivity index (χ0) is 35.7. The number of nitriles is 1. The number of halogens is 2. The van der Waals surface area contributed by atoms with Gasteiger partial charge >= 0.3 is 0 Å². The minimum Gasteiger partial charge on any atom is -0.321 e. The lowest BCUT2D eigenvalue weighted by atomic mass is 10.0. The maximum atomic E-state index is 13.6. The first kappa shape index (κ1) is 35.9. The molecule has 51 heavy (non-hydrogen) atoms. The number of carbonyl (C=O) groups excluding carboxylic acids is 3. The van der Waals surface area contributed by atoms with Crippen LogP contribution in [-0.2, 0) is 29.1 Å². The SMILES string of the molecule is N#Cc1c(NC(=O)CSc2cccc(NC(=O)/C(=C\c3c(Cl)cccc3Cl)NC(=O)c3ccccc3)c2)sc2c1CCN(Cc1ccccc1)C2. The fourth-order valence-corrected chi connectivity index (χ4v) is 8.07. The lowest BCUT2D eigenvalue weighted by Gasteiger charge is -2.26. The fraction of sp³-hybridized carbons (Fsp3) is 0.128. The molecule has 1 aliphatic rings. The molecule has 1 aliphatic heterocycles. The number of thioether (sulfide) groups is 1. The molecular formula is C39H31Cl2N5O3S2. The standard InChI is InChI=1S/C39H31Cl2N5O3S2/c40-32-15-8-16-33(41)30(32)20-34(44-37(48)26-11-5-2-6-12-26)38(49)43-27-13-7-14-28(19-27)50-24-36(47)45-39-31(21-42)29-17-18-46(23-35(29)51-39)22-25-9-3-1-4-10-25/h1-16,19-20H,17-18,22-24H2,(H,43,49)(H,44,48)(H,45,47)/b34-20+. The number of hydrogen-bond donors (Lipinski definition) is 3. The highest BCUT2D eigenvalue weighted by molar-refractivity contribution is 8.00. The van der Waals surface area contributed by atoms with Crippen LogP contribution in [0.25, 0.3) is 6.08 Å². The summed E-state index contributed by atoms with van der Waals surface area (Å²) in [6, 6.07) is 33.1. The van der Waals surface area contributed by atoms with E-state index in [0.717, 1.165) is 41.4 Å². The summed E-state index contributed by atoms with van der Waals surface area (Å²) in [5, 5.41) is 19.6. The summed E-state index contributed by atoms with van der Waals surface area (Å²) in [4.78, 5) is 43.9. The van der Waals surface area contributed by atoms with Gasteiger partial charge in [-0.1, -0.05) is 83.9 Å². The van der Waals surface area contributed by atoms with Crippen molar-refractivity contribution in [1.82, 2.24) is 10.2 Å². The number of benzene rings is 4. The van der Waals surface area contributed by atoms with Crippen molar-refractivity contribution in [3.05, 3.63) is 152 Å². The Kier molecular flexibility index (Phi) is 11.9. The van der Waals surface area contributed by atoms with Gasteiger partial charge in [0.25, 0.3) is 11.8 Å². The summed E-state index contributed by atoms with van der Waals surface area (Å²) in [6.07, 6.45) is 2.19. The second-order valence-corrected chi connectivity index (χ2v) is 14.6. The second kappa shape index (κ2) is 16.9. The van der Waals surface area contributed by atoms with Crippen LogP contribution in [-0.4, -0.2) is 34.9 Å². The van der Waals surface area contributed by atoms with Crippen LogP contribution in [0.15, 0.2) is 114 Å². The van der Waals surface area contributed by atoms with Crippen LogP contribution in [0.2, 0.25) is 10.0 Å². The summed E-state index contributed by atoms with van der Waals surface area (Å²) in [5.41, 5.74) is 3.93. The fourth-order valence-electron chi connectivity index (χ4n) is 5.55. The molecule has 0 saturated heterocycles. The van der Waals surface area contributed by atoms with Crippen molar-refractivity contribution >= 4 is 80.8 Å². The van der Waals surface area contributed by atoms with Crippen LogP contribution >= 0.6 is 46.3 Å². The van der Waals surface area contributed by atoms with Gasteiger partial charge in [0.2, 0.25) is 5.91 Å². The topological polar surface area (TPSA) is 114 Å². The van der Waals surface area contributed by atoms with Gasteiger partial charge < -0.3 is 16.0 Å². The Hall–Kier alpha value is -4.89. The van der Waals surface area contributed by atoms with E-state index in [9.17, 15) is 19.6 Å². The molecule has 5 aromatic rings. The first-order valence-corrected chi connectivity index (χ1v) is 18.5. The van der Waals surface area contributed by atoms with Gasteiger partial charge in [-0.2, -0.15) is 5.26 Å². The molecule has 0 aliphatic carbocycles. The van der Waals surface area contributed by atoms with E-state index in [1.165, 1.54) is 34.7 Å². The Morgan fingerprint density at radius 1 is 0.902 bits per heavy atom. The third-order valence-electron chi connectivity index (χ3n) is 8.03. The Morgan fingerprint density at radius 3 is 2.33 bits per heavy atom. The van der Waals surface area contributed by atoms with Gasteiger partial charge in [0.1, 0.15) is 16.8 Å². The number of hydrogen-bond acceptors (Lipinski definition) is 7. The molecule has 0 fully saturated rings. The molecule has 0 atom stereocenters. The Bertz CT molecular complexity index is 2130. The quantitative estimate of drug-likeness (QED) is 0.0920. The van der Waals surface area contributed by atoms with Gasteiger partial charge in [-0.3, -0.25) is 19.3 Å². The average molecular weight is 753 g/mol. The molecule has 3 amide bonds. The Balaban J connectivity index is 1.10. The normalized spacial score (nSPS) is 12.8. The summed E-state index contributed by atoms with van der Waals surface area (Å²) < 4.78 is 0. The minimum absolute atomic E-state index is 0.0635. The van der Waals surface area contributed by atoms with E-state index in [1.54, 1.807) is 66.7 Å². The van der Waals surface area contributed by atoms with Gasteiger partial charge in [-0.15, -0.1) is 23.1 Å². The van der Waals surface area contributed by atoms with E-state index in [2.05, 4.69) is 39.1 Å². The molecule has 2 heterocycles. The molecule has 0 bridgehead atoms. The van der Waals surface area contributed by atoms with Crippen LogP contribution in [0.4, 0.5) is 10.7 Å². The summed E-state index contributed by atoms with van der Waals surface area (Å²) >= 11 is 15.5. The first-order valence-electron chi connectivity index (χ1n) is 15.9. The Morgan fingerprint density at radius 2 is 1.61 bits per heavy atom. The number of fused-ring (bicyclic) bond motifs is 1. The smallest absolute Gasteiger partial charge is 0.272 e. The van der Waals surface area contributed by atoms with Crippen molar-refractivity contribution in [1.29, 1.82) is 5.26 Å². The highest BCUT2D eigenvalue weighted by Gasteiger charge is 2.25. The Labute approximate surface area is 314 Å². The maximum absolute atomic E-state index is 13.6. The van der Waals surface area contributed by atoms with Crippen molar-refractivity contribution in [3.8, 4) is 6.07 Å². The van der Waals surface area contributed by atoms with Crippen molar-refractivity contribution < 1.29 is 14.4 Å². The molecule has 256 valence electrons. The number of rotatable bonds is 11. The van der Waals surface area contributed by atoms with Gasteiger partial charge in [-0.05, 0) is 66.1 Å². The van der Waals surface area contributed by atoms with Crippen LogP contribution in [0.5, 0.6) is 0 Å². The summed E-state index contributed by atoms with van der Waals surface area (Å²) in [5.74, 6) is -1.22. The predicted molar refractivity (Wildman–Crippen MR) is 206 cm³/mol. The number of carbonyl (C=O) groups is 3. The maximum Gasteiger partial charge on any atom is 0.272 e. The second-order valence-electron chi connectivity index (χ2n) is 11.6. The van der Waals surface area contributed by atoms with E-state index in [4.69, 9.17) is 23.2 Å². The minimum atomic E-state index is -0.594. The molecule has 1 aromatic heterocycles. The van der Waals surface area contributed by atoms with Crippen molar-refractivity contribution in [3.63, 3.8) is 0 Å². The molecule has 6 rings (SSSR count).